The fraction of sp³-hybridized carbons (Fsp3) is 0.933. The summed E-state index contributed by atoms with van der Waals surface area (Å²) >= 11 is 0. The fourth-order valence-corrected chi connectivity index (χ4v) is 3.39. The molecular formula is C15H29NO2. The van der Waals surface area contributed by atoms with E-state index in [1.165, 1.54) is 12.8 Å². The molecule has 3 nitrogen and oxygen atoms in total. The molecule has 0 aromatic carbocycles. The van der Waals surface area contributed by atoms with Gasteiger partial charge in [-0.1, -0.05) is 20.8 Å². The molecule has 1 fully saturated rings. The van der Waals surface area contributed by atoms with Gasteiger partial charge in [0.05, 0.1) is 6.54 Å². The van der Waals surface area contributed by atoms with Gasteiger partial charge in [0.2, 0.25) is 0 Å². The Kier molecular flexibility index (Phi) is 4.47. The van der Waals surface area contributed by atoms with Crippen LogP contribution in [-0.2, 0) is 4.79 Å². The van der Waals surface area contributed by atoms with Crippen molar-refractivity contribution in [2.45, 2.75) is 72.4 Å². The standard InChI is InChI=1S/C15H29NO2/c1-11-9-15(5,6)8-7-12(11)16(10-13(17)18)14(2,3)4/h11-12H,7-10H2,1-6H3,(H,17,18). The van der Waals surface area contributed by atoms with Gasteiger partial charge in [-0.15, -0.1) is 0 Å². The molecule has 0 aromatic heterocycles. The number of carboxylic acids is 1. The van der Waals surface area contributed by atoms with Crippen molar-refractivity contribution in [1.29, 1.82) is 0 Å². The molecule has 1 aliphatic rings. The monoisotopic (exact) mass is 255 g/mol. The Labute approximate surface area is 112 Å². The van der Waals surface area contributed by atoms with E-state index in [0.717, 1.165) is 6.42 Å². The second kappa shape index (κ2) is 5.20. The van der Waals surface area contributed by atoms with E-state index in [2.05, 4.69) is 46.4 Å². The summed E-state index contributed by atoms with van der Waals surface area (Å²) in [7, 11) is 0. The van der Waals surface area contributed by atoms with Gasteiger partial charge in [-0.05, 0) is 51.4 Å². The highest BCUT2D eigenvalue weighted by molar-refractivity contribution is 5.69. The van der Waals surface area contributed by atoms with E-state index in [4.69, 9.17) is 5.11 Å². The van der Waals surface area contributed by atoms with Crippen LogP contribution >= 0.6 is 0 Å². The van der Waals surface area contributed by atoms with E-state index >= 15 is 0 Å². The quantitative estimate of drug-likeness (QED) is 0.840. The van der Waals surface area contributed by atoms with E-state index in [1.54, 1.807) is 0 Å². The van der Waals surface area contributed by atoms with Crippen LogP contribution in [0.2, 0.25) is 0 Å². The lowest BCUT2D eigenvalue weighted by molar-refractivity contribution is -0.142. The smallest absolute Gasteiger partial charge is 0.317 e. The second-order valence-electron chi connectivity index (χ2n) is 7.64. The zero-order valence-electron chi connectivity index (χ0n) is 12.8. The van der Waals surface area contributed by atoms with E-state index in [0.29, 0.717) is 17.4 Å². The minimum atomic E-state index is -0.720. The summed E-state index contributed by atoms with van der Waals surface area (Å²) in [4.78, 5) is 13.3. The maximum absolute atomic E-state index is 11.1. The molecule has 0 spiro atoms. The molecular weight excluding hydrogens is 226 g/mol. The summed E-state index contributed by atoms with van der Waals surface area (Å²) in [5.41, 5.74) is 0.321. The van der Waals surface area contributed by atoms with Crippen LogP contribution in [0.1, 0.15) is 60.8 Å². The van der Waals surface area contributed by atoms with Crippen molar-refractivity contribution < 1.29 is 9.90 Å². The zero-order valence-corrected chi connectivity index (χ0v) is 12.8. The van der Waals surface area contributed by atoms with Crippen LogP contribution in [0.3, 0.4) is 0 Å². The molecule has 0 saturated heterocycles. The summed E-state index contributed by atoms with van der Waals surface area (Å²) in [6, 6.07) is 0.397. The average Bonchev–Trinajstić information content (AvgIpc) is 2.11. The van der Waals surface area contributed by atoms with Crippen LogP contribution in [-0.4, -0.2) is 34.1 Å². The van der Waals surface area contributed by atoms with Crippen LogP contribution in [0.5, 0.6) is 0 Å². The van der Waals surface area contributed by atoms with Crippen LogP contribution in [0.15, 0.2) is 0 Å². The molecule has 1 aliphatic carbocycles. The largest absolute Gasteiger partial charge is 0.480 e. The van der Waals surface area contributed by atoms with Gasteiger partial charge in [-0.2, -0.15) is 0 Å². The second-order valence-corrected chi connectivity index (χ2v) is 7.64. The van der Waals surface area contributed by atoms with E-state index in [-0.39, 0.29) is 12.1 Å². The van der Waals surface area contributed by atoms with Crippen LogP contribution < -0.4 is 0 Å². The molecule has 0 heterocycles. The van der Waals surface area contributed by atoms with Crippen LogP contribution in [0, 0.1) is 11.3 Å². The molecule has 1 rings (SSSR count). The molecule has 0 aromatic rings. The fourth-order valence-electron chi connectivity index (χ4n) is 3.39. The molecule has 18 heavy (non-hydrogen) atoms. The summed E-state index contributed by atoms with van der Waals surface area (Å²) < 4.78 is 0. The van der Waals surface area contributed by atoms with Gasteiger partial charge in [0.15, 0.2) is 0 Å². The molecule has 2 unspecified atom stereocenters. The topological polar surface area (TPSA) is 40.5 Å². The lowest BCUT2D eigenvalue weighted by Gasteiger charge is -2.48. The lowest BCUT2D eigenvalue weighted by atomic mass is 9.69. The third-order valence-electron chi connectivity index (χ3n) is 4.22. The zero-order chi connectivity index (χ0) is 14.1. The number of aliphatic carboxylic acids is 1. The number of carbonyl (C=O) groups is 1. The van der Waals surface area contributed by atoms with Crippen LogP contribution in [0.4, 0.5) is 0 Å². The molecule has 0 bridgehead atoms. The summed E-state index contributed by atoms with van der Waals surface area (Å²) in [6.45, 7) is 13.4. The molecule has 1 N–H and O–H groups in total. The molecule has 0 radical (unpaired) electrons. The molecule has 106 valence electrons. The van der Waals surface area contributed by atoms with Crippen LogP contribution in [0.25, 0.3) is 0 Å². The molecule has 0 amide bonds. The first-order valence-corrected chi connectivity index (χ1v) is 7.01. The maximum atomic E-state index is 11.1. The number of carboxylic acid groups (broad SMARTS) is 1. The normalized spacial score (nSPS) is 28.4. The average molecular weight is 255 g/mol. The van der Waals surface area contributed by atoms with Crippen molar-refractivity contribution >= 4 is 5.97 Å². The SMILES string of the molecule is CC1CC(C)(C)CCC1N(CC(=O)O)C(C)(C)C. The Balaban J connectivity index is 2.84. The Morgan fingerprint density at radius 2 is 1.94 bits per heavy atom. The molecule has 3 heteroatoms. The Hall–Kier alpha value is -0.570. The molecule has 2 atom stereocenters. The van der Waals surface area contributed by atoms with E-state index in [9.17, 15) is 4.79 Å². The van der Waals surface area contributed by atoms with Crippen molar-refractivity contribution in [2.75, 3.05) is 6.54 Å². The minimum absolute atomic E-state index is 0.0845. The van der Waals surface area contributed by atoms with Crippen molar-refractivity contribution in [1.82, 2.24) is 4.90 Å². The molecule has 0 aliphatic heterocycles. The third kappa shape index (κ3) is 3.98. The number of nitrogens with zero attached hydrogens (tertiary/aromatic N) is 1. The molecule has 1 saturated carbocycles. The highest BCUT2D eigenvalue weighted by Gasteiger charge is 2.39. The van der Waals surface area contributed by atoms with Crippen molar-refractivity contribution in [3.63, 3.8) is 0 Å². The van der Waals surface area contributed by atoms with Gasteiger partial charge in [0, 0.05) is 11.6 Å². The first-order chi connectivity index (χ1) is 8.03. The predicted molar refractivity (Wildman–Crippen MR) is 74.7 cm³/mol. The Bertz CT molecular complexity index is 304. The van der Waals surface area contributed by atoms with Crippen molar-refractivity contribution in [3.05, 3.63) is 0 Å². The minimum Gasteiger partial charge on any atom is -0.480 e. The summed E-state index contributed by atoms with van der Waals surface area (Å²) in [5, 5.41) is 9.13. The maximum Gasteiger partial charge on any atom is 0.317 e. The highest BCUT2D eigenvalue weighted by atomic mass is 16.4. The van der Waals surface area contributed by atoms with E-state index < -0.39 is 5.97 Å². The van der Waals surface area contributed by atoms with Gasteiger partial charge in [-0.3, -0.25) is 9.69 Å². The summed E-state index contributed by atoms with van der Waals surface area (Å²) in [6.07, 6.45) is 3.48. The Morgan fingerprint density at radius 3 is 2.33 bits per heavy atom. The van der Waals surface area contributed by atoms with Gasteiger partial charge in [0.25, 0.3) is 0 Å². The summed E-state index contributed by atoms with van der Waals surface area (Å²) in [5.74, 6) is -0.158. The van der Waals surface area contributed by atoms with Gasteiger partial charge < -0.3 is 5.11 Å². The van der Waals surface area contributed by atoms with Gasteiger partial charge in [-0.25, -0.2) is 0 Å². The lowest BCUT2D eigenvalue weighted by Crippen LogP contribution is -2.54. The predicted octanol–water partition coefficient (Wildman–Crippen LogP) is 3.39. The third-order valence-corrected chi connectivity index (χ3v) is 4.22. The van der Waals surface area contributed by atoms with Gasteiger partial charge in [0.1, 0.15) is 0 Å². The highest BCUT2D eigenvalue weighted by Crippen LogP contribution is 2.41. The van der Waals surface area contributed by atoms with E-state index in [1.807, 2.05) is 0 Å². The first-order valence-electron chi connectivity index (χ1n) is 7.01. The number of rotatable bonds is 3. The van der Waals surface area contributed by atoms with Crippen molar-refractivity contribution in [3.8, 4) is 0 Å². The van der Waals surface area contributed by atoms with Gasteiger partial charge >= 0.3 is 5.97 Å². The first kappa shape index (κ1) is 15.5. The number of hydrogen-bond acceptors (Lipinski definition) is 2. The Morgan fingerprint density at radius 1 is 1.39 bits per heavy atom. The van der Waals surface area contributed by atoms with Crippen molar-refractivity contribution in [2.24, 2.45) is 11.3 Å². The number of hydrogen-bond donors (Lipinski definition) is 1.